The highest BCUT2D eigenvalue weighted by Gasteiger charge is 2.40. The molecule has 1 spiro atoms. The minimum Gasteiger partial charge on any atom is -0.356 e. The van der Waals surface area contributed by atoms with Crippen molar-refractivity contribution in [2.24, 2.45) is 0 Å². The average molecular weight is 396 g/mol. The first-order valence-corrected chi connectivity index (χ1v) is 10.1. The minimum atomic E-state index is -0.428. The van der Waals surface area contributed by atoms with Crippen molar-refractivity contribution in [2.75, 3.05) is 36.5 Å². The van der Waals surface area contributed by atoms with Crippen molar-refractivity contribution in [1.29, 1.82) is 0 Å². The van der Waals surface area contributed by atoms with Crippen LogP contribution < -0.4 is 10.2 Å². The highest BCUT2D eigenvalue weighted by molar-refractivity contribution is 6.03. The Hall–Kier alpha value is -2.51. The van der Waals surface area contributed by atoms with Gasteiger partial charge in [-0.2, -0.15) is 0 Å². The van der Waals surface area contributed by atoms with E-state index in [1.54, 1.807) is 6.07 Å². The molecule has 3 heterocycles. The number of ether oxygens (including phenoxy) is 2. The van der Waals surface area contributed by atoms with Crippen molar-refractivity contribution in [3.63, 3.8) is 0 Å². The molecule has 0 unspecified atom stereocenters. The number of hydrogen-bond donors (Lipinski definition) is 1. The number of nitrogens with one attached hydrogen (secondary N) is 1. The van der Waals surface area contributed by atoms with Gasteiger partial charge in [0.1, 0.15) is 17.8 Å². The molecule has 2 fully saturated rings. The molecule has 0 bridgehead atoms. The molecule has 1 aromatic carbocycles. The number of anilines is 2. The topological polar surface area (TPSA) is 76.6 Å². The largest absolute Gasteiger partial charge is 0.356 e. The lowest BCUT2D eigenvalue weighted by atomic mass is 9.87. The number of rotatable bonds is 3. The zero-order valence-corrected chi connectivity index (χ0v) is 17.3. The van der Waals surface area contributed by atoms with Crippen LogP contribution in [0.3, 0.4) is 0 Å². The van der Waals surface area contributed by atoms with Crippen LogP contribution in [-0.4, -0.2) is 48.0 Å². The second-order valence-corrected chi connectivity index (χ2v) is 8.64. The maximum absolute atomic E-state index is 12.7. The van der Waals surface area contributed by atoms with Gasteiger partial charge in [0.2, 0.25) is 0 Å². The summed E-state index contributed by atoms with van der Waals surface area (Å²) >= 11 is 0. The summed E-state index contributed by atoms with van der Waals surface area (Å²) in [5.74, 6) is 0.0809. The number of carbonyl (C=O) groups excluding carboxylic acids is 1. The Kier molecular flexibility index (Phi) is 5.27. The van der Waals surface area contributed by atoms with Gasteiger partial charge in [0.15, 0.2) is 5.79 Å². The van der Waals surface area contributed by atoms with Gasteiger partial charge < -0.3 is 19.7 Å². The number of piperidine rings is 1. The van der Waals surface area contributed by atoms with Gasteiger partial charge in [-0.25, -0.2) is 9.97 Å². The van der Waals surface area contributed by atoms with E-state index in [-0.39, 0.29) is 11.3 Å². The van der Waals surface area contributed by atoms with E-state index in [0.29, 0.717) is 18.9 Å². The van der Waals surface area contributed by atoms with Crippen molar-refractivity contribution < 1.29 is 14.3 Å². The fraction of sp³-hybridized carbons (Fsp3) is 0.500. The molecule has 29 heavy (non-hydrogen) atoms. The van der Waals surface area contributed by atoms with Crippen LogP contribution in [0.5, 0.6) is 0 Å². The summed E-state index contributed by atoms with van der Waals surface area (Å²) in [5, 5.41) is 2.92. The molecule has 0 atom stereocenters. The van der Waals surface area contributed by atoms with Gasteiger partial charge in [0.05, 0.1) is 13.2 Å². The van der Waals surface area contributed by atoms with Crippen molar-refractivity contribution >= 4 is 17.4 Å². The van der Waals surface area contributed by atoms with Crippen LogP contribution in [0.25, 0.3) is 0 Å². The van der Waals surface area contributed by atoms with Gasteiger partial charge in [-0.05, 0) is 23.1 Å². The van der Waals surface area contributed by atoms with E-state index in [1.807, 2.05) is 24.3 Å². The van der Waals surface area contributed by atoms with Gasteiger partial charge in [0.25, 0.3) is 5.91 Å². The van der Waals surface area contributed by atoms with Crippen LogP contribution in [0.2, 0.25) is 0 Å². The summed E-state index contributed by atoms with van der Waals surface area (Å²) in [5.41, 5.74) is 2.39. The Bertz CT molecular complexity index is 860. The van der Waals surface area contributed by atoms with E-state index in [1.165, 1.54) is 11.9 Å². The van der Waals surface area contributed by atoms with Gasteiger partial charge in [-0.3, -0.25) is 4.79 Å². The third-order valence-electron chi connectivity index (χ3n) is 5.56. The molecule has 7 heteroatoms. The summed E-state index contributed by atoms with van der Waals surface area (Å²) in [6.07, 6.45) is 3.03. The highest BCUT2D eigenvalue weighted by atomic mass is 16.7. The number of amides is 1. The zero-order chi connectivity index (χ0) is 20.5. The number of benzene rings is 1. The lowest BCUT2D eigenvalue weighted by molar-refractivity contribution is -0.169. The summed E-state index contributed by atoms with van der Waals surface area (Å²) in [6, 6.07) is 9.67. The molecule has 7 nitrogen and oxygen atoms in total. The standard InChI is InChI=1S/C22H28N4O3/c1-21(2,3)16-4-6-17(7-5-16)25-20(27)18-14-19(24-15-23-18)26-10-8-22(9-11-26)28-12-13-29-22/h4-7,14-15H,8-13H2,1-3H3,(H,25,27). The molecule has 0 saturated carbocycles. The number of carbonyl (C=O) groups is 1. The number of nitrogens with zero attached hydrogens (tertiary/aromatic N) is 3. The summed E-state index contributed by atoms with van der Waals surface area (Å²) in [4.78, 5) is 23.3. The molecule has 1 aromatic heterocycles. The smallest absolute Gasteiger partial charge is 0.274 e. The highest BCUT2D eigenvalue weighted by Crippen LogP contribution is 2.32. The van der Waals surface area contributed by atoms with Crippen molar-refractivity contribution in [2.45, 2.75) is 44.8 Å². The third kappa shape index (κ3) is 4.41. The van der Waals surface area contributed by atoms with Crippen LogP contribution in [0.15, 0.2) is 36.7 Å². The van der Waals surface area contributed by atoms with Crippen molar-refractivity contribution in [3.8, 4) is 0 Å². The van der Waals surface area contributed by atoms with Gasteiger partial charge in [0, 0.05) is 37.7 Å². The van der Waals surface area contributed by atoms with E-state index < -0.39 is 5.79 Å². The lowest BCUT2D eigenvalue weighted by Gasteiger charge is -2.38. The van der Waals surface area contributed by atoms with Crippen molar-refractivity contribution in [3.05, 3.63) is 47.9 Å². The van der Waals surface area contributed by atoms with Crippen LogP contribution in [0, 0.1) is 0 Å². The van der Waals surface area contributed by atoms with Crippen LogP contribution in [0.1, 0.15) is 49.7 Å². The molecular weight excluding hydrogens is 368 g/mol. The van der Waals surface area contributed by atoms with E-state index in [9.17, 15) is 4.79 Å². The number of aromatic nitrogens is 2. The second kappa shape index (κ2) is 7.72. The molecule has 2 saturated heterocycles. The van der Waals surface area contributed by atoms with E-state index in [4.69, 9.17) is 9.47 Å². The van der Waals surface area contributed by atoms with E-state index >= 15 is 0 Å². The molecule has 0 aliphatic carbocycles. The van der Waals surface area contributed by atoms with Gasteiger partial charge in [-0.15, -0.1) is 0 Å². The summed E-state index contributed by atoms with van der Waals surface area (Å²) in [6.45, 7) is 9.35. The monoisotopic (exact) mass is 396 g/mol. The molecule has 154 valence electrons. The Morgan fingerprint density at radius 3 is 2.34 bits per heavy atom. The fourth-order valence-corrected chi connectivity index (χ4v) is 3.76. The maximum Gasteiger partial charge on any atom is 0.274 e. The quantitative estimate of drug-likeness (QED) is 0.857. The molecule has 2 aliphatic heterocycles. The fourth-order valence-electron chi connectivity index (χ4n) is 3.76. The minimum absolute atomic E-state index is 0.0751. The molecule has 4 rings (SSSR count). The Morgan fingerprint density at radius 2 is 1.72 bits per heavy atom. The SMILES string of the molecule is CC(C)(C)c1ccc(NC(=O)c2cc(N3CCC4(CC3)OCCO4)ncn2)cc1. The maximum atomic E-state index is 12.7. The first kappa shape index (κ1) is 19.8. The predicted molar refractivity (Wildman–Crippen MR) is 111 cm³/mol. The van der Waals surface area contributed by atoms with E-state index in [2.05, 4.69) is 41.0 Å². The lowest BCUT2D eigenvalue weighted by Crippen LogP contribution is -2.45. The molecule has 2 aliphatic rings. The summed E-state index contributed by atoms with van der Waals surface area (Å²) in [7, 11) is 0. The average Bonchev–Trinajstić information content (AvgIpc) is 3.16. The zero-order valence-electron chi connectivity index (χ0n) is 17.3. The molecule has 2 aromatic rings. The summed E-state index contributed by atoms with van der Waals surface area (Å²) < 4.78 is 11.6. The second-order valence-electron chi connectivity index (χ2n) is 8.64. The Labute approximate surface area is 171 Å². The Morgan fingerprint density at radius 1 is 1.07 bits per heavy atom. The molecular formula is C22H28N4O3. The van der Waals surface area contributed by atoms with Crippen LogP contribution in [-0.2, 0) is 14.9 Å². The predicted octanol–water partition coefficient (Wildman–Crippen LogP) is 3.37. The normalized spacial score (nSPS) is 18.8. The van der Waals surface area contributed by atoms with Crippen LogP contribution >= 0.6 is 0 Å². The van der Waals surface area contributed by atoms with Crippen LogP contribution in [0.4, 0.5) is 11.5 Å². The third-order valence-corrected chi connectivity index (χ3v) is 5.56. The molecule has 0 radical (unpaired) electrons. The first-order valence-electron chi connectivity index (χ1n) is 10.1. The molecule has 1 amide bonds. The van der Waals surface area contributed by atoms with E-state index in [0.717, 1.165) is 37.4 Å². The Balaban J connectivity index is 1.41. The molecule has 1 N–H and O–H groups in total. The first-order chi connectivity index (χ1) is 13.8. The van der Waals surface area contributed by atoms with Gasteiger partial charge in [-0.1, -0.05) is 32.9 Å². The van der Waals surface area contributed by atoms with Crippen molar-refractivity contribution in [1.82, 2.24) is 9.97 Å². The number of hydrogen-bond acceptors (Lipinski definition) is 6. The van der Waals surface area contributed by atoms with Gasteiger partial charge >= 0.3 is 0 Å².